The maximum atomic E-state index is 9.75. The number of aliphatic carboxylic acids is 1. The van der Waals surface area contributed by atoms with Gasteiger partial charge in [-0.2, -0.15) is 0 Å². The summed E-state index contributed by atoms with van der Waals surface area (Å²) in [4.78, 5) is 18.9. The molecule has 0 aromatic heterocycles. The van der Waals surface area contributed by atoms with Crippen molar-refractivity contribution in [3.8, 4) is 0 Å². The van der Waals surface area contributed by atoms with Gasteiger partial charge < -0.3 is 14.9 Å². The molecule has 5 heteroatoms. The summed E-state index contributed by atoms with van der Waals surface area (Å²) in [6.07, 6.45) is 1.10. The van der Waals surface area contributed by atoms with Crippen molar-refractivity contribution in [3.05, 3.63) is 12.8 Å². The molecule has 0 saturated heterocycles. The van der Waals surface area contributed by atoms with Gasteiger partial charge in [0.15, 0.2) is 0 Å². The Bertz CT molecular complexity index is 140. The number of carbonyl (C=O) groups is 2. The summed E-state index contributed by atoms with van der Waals surface area (Å²) in [7, 11) is 0. The van der Waals surface area contributed by atoms with Crippen LogP contribution in [-0.2, 0) is 14.3 Å². The Balaban J connectivity index is 0. The third kappa shape index (κ3) is 28.8. The maximum absolute atomic E-state index is 9.75. The van der Waals surface area contributed by atoms with E-state index in [1.54, 1.807) is 0 Å². The first kappa shape index (κ1) is 12.3. The molecule has 0 aromatic rings. The van der Waals surface area contributed by atoms with Crippen LogP contribution in [0, 0.1) is 0 Å². The van der Waals surface area contributed by atoms with Crippen molar-refractivity contribution in [1.82, 2.24) is 0 Å². The fourth-order valence-electron chi connectivity index (χ4n) is 0.117. The molecule has 2 N–H and O–H groups in total. The van der Waals surface area contributed by atoms with Gasteiger partial charge in [-0.1, -0.05) is 6.58 Å². The zero-order chi connectivity index (χ0) is 9.28. The van der Waals surface area contributed by atoms with Crippen molar-refractivity contribution in [2.75, 3.05) is 6.61 Å². The van der Waals surface area contributed by atoms with E-state index in [9.17, 15) is 4.79 Å². The van der Waals surface area contributed by atoms with Gasteiger partial charge in [-0.3, -0.25) is 4.79 Å². The van der Waals surface area contributed by atoms with Crippen LogP contribution in [0.4, 0.5) is 0 Å². The smallest absolute Gasteiger partial charge is 0.329 e. The Kier molecular flexibility index (Phi) is 9.68. The molecular formula is C6H10O5. The van der Waals surface area contributed by atoms with E-state index in [1.807, 2.05) is 0 Å². The topological polar surface area (TPSA) is 83.8 Å². The molecule has 0 heterocycles. The summed E-state index contributed by atoms with van der Waals surface area (Å²) >= 11 is 0. The number of rotatable bonds is 2. The van der Waals surface area contributed by atoms with Gasteiger partial charge in [-0.25, -0.2) is 4.79 Å². The first-order chi connectivity index (χ1) is 5.04. The standard InChI is InChI=1S/C4H6O2.C2H4O3/c1-3-6-4(2)5;3-1-2(4)5/h3H,1H2,2H3;3H,1H2,(H,4,5). The molecule has 0 aliphatic carbocycles. The second-order valence-corrected chi connectivity index (χ2v) is 1.33. The first-order valence-corrected chi connectivity index (χ1v) is 2.65. The molecule has 0 unspecified atom stereocenters. The van der Waals surface area contributed by atoms with Crippen LogP contribution in [0.15, 0.2) is 12.8 Å². The predicted octanol–water partition coefficient (Wildman–Crippen LogP) is -0.244. The second kappa shape index (κ2) is 8.64. The summed E-state index contributed by atoms with van der Waals surface area (Å²) in [6.45, 7) is 3.70. The lowest BCUT2D eigenvalue weighted by Gasteiger charge is -1.83. The van der Waals surface area contributed by atoms with Gasteiger partial charge in [0.05, 0.1) is 6.26 Å². The molecule has 0 saturated carbocycles. The number of carboxylic acids is 1. The highest BCUT2D eigenvalue weighted by molar-refractivity contribution is 5.67. The van der Waals surface area contributed by atoms with E-state index in [0.717, 1.165) is 6.26 Å². The third-order valence-corrected chi connectivity index (χ3v) is 0.385. The van der Waals surface area contributed by atoms with E-state index < -0.39 is 12.6 Å². The molecule has 5 nitrogen and oxygen atoms in total. The van der Waals surface area contributed by atoms with E-state index in [-0.39, 0.29) is 5.97 Å². The number of carbonyl (C=O) groups excluding carboxylic acids is 1. The maximum Gasteiger partial charge on any atom is 0.329 e. The average Bonchev–Trinajstić information content (AvgIpc) is 1.89. The molecule has 0 atom stereocenters. The van der Waals surface area contributed by atoms with Crippen molar-refractivity contribution in [2.24, 2.45) is 0 Å². The summed E-state index contributed by atoms with van der Waals surface area (Å²) in [6, 6.07) is 0. The van der Waals surface area contributed by atoms with Crippen LogP contribution in [0.2, 0.25) is 0 Å². The van der Waals surface area contributed by atoms with Crippen molar-refractivity contribution < 1.29 is 24.5 Å². The SMILES string of the molecule is C=COC(C)=O.O=C(O)CO. The summed E-state index contributed by atoms with van der Waals surface area (Å²) in [5.41, 5.74) is 0. The number of carboxylic acid groups (broad SMARTS) is 1. The van der Waals surface area contributed by atoms with Crippen LogP contribution in [-0.4, -0.2) is 28.8 Å². The fourth-order valence-corrected chi connectivity index (χ4v) is 0.117. The number of hydrogen-bond donors (Lipinski definition) is 2. The third-order valence-electron chi connectivity index (χ3n) is 0.385. The number of hydrogen-bond acceptors (Lipinski definition) is 4. The van der Waals surface area contributed by atoms with E-state index >= 15 is 0 Å². The molecule has 64 valence electrons. The van der Waals surface area contributed by atoms with Gasteiger partial charge >= 0.3 is 11.9 Å². The van der Waals surface area contributed by atoms with Crippen LogP contribution < -0.4 is 0 Å². The number of aliphatic hydroxyl groups is 1. The quantitative estimate of drug-likeness (QED) is 0.432. The highest BCUT2D eigenvalue weighted by Gasteiger charge is 1.82. The number of aliphatic hydroxyl groups excluding tert-OH is 1. The number of esters is 1. The van der Waals surface area contributed by atoms with Gasteiger partial charge in [0.1, 0.15) is 6.61 Å². The van der Waals surface area contributed by atoms with Gasteiger partial charge in [0.2, 0.25) is 0 Å². The molecule has 0 radical (unpaired) electrons. The molecule has 0 bridgehead atoms. The van der Waals surface area contributed by atoms with Gasteiger partial charge in [-0.05, 0) is 0 Å². The molecular weight excluding hydrogens is 152 g/mol. The average molecular weight is 162 g/mol. The van der Waals surface area contributed by atoms with Gasteiger partial charge in [0, 0.05) is 6.92 Å². The van der Waals surface area contributed by atoms with Crippen LogP contribution in [0.25, 0.3) is 0 Å². The van der Waals surface area contributed by atoms with E-state index in [4.69, 9.17) is 15.0 Å². The summed E-state index contributed by atoms with van der Waals surface area (Å²) in [5.74, 6) is -1.52. The van der Waals surface area contributed by atoms with Crippen molar-refractivity contribution in [2.45, 2.75) is 6.92 Å². The van der Waals surface area contributed by atoms with Gasteiger partial charge in [-0.15, -0.1) is 0 Å². The lowest BCUT2D eigenvalue weighted by molar-refractivity contribution is -0.140. The Hall–Kier alpha value is -1.36. The molecule has 0 spiro atoms. The van der Waals surface area contributed by atoms with Crippen molar-refractivity contribution in [3.63, 3.8) is 0 Å². The highest BCUT2D eigenvalue weighted by atomic mass is 16.5. The number of ether oxygens (including phenoxy) is 1. The van der Waals surface area contributed by atoms with Crippen molar-refractivity contribution >= 4 is 11.9 Å². The zero-order valence-electron chi connectivity index (χ0n) is 6.11. The summed E-state index contributed by atoms with van der Waals surface area (Å²) in [5, 5.41) is 15.0. The molecule has 0 rings (SSSR count). The second-order valence-electron chi connectivity index (χ2n) is 1.33. The highest BCUT2D eigenvalue weighted by Crippen LogP contribution is 1.70. The normalized spacial score (nSPS) is 7.09. The Morgan fingerprint density at radius 1 is 1.64 bits per heavy atom. The van der Waals surface area contributed by atoms with Gasteiger partial charge in [0.25, 0.3) is 0 Å². The Labute approximate surface area is 63.9 Å². The zero-order valence-corrected chi connectivity index (χ0v) is 6.11. The first-order valence-electron chi connectivity index (χ1n) is 2.65. The van der Waals surface area contributed by atoms with E-state index in [2.05, 4.69) is 11.3 Å². The van der Waals surface area contributed by atoms with E-state index in [1.165, 1.54) is 6.92 Å². The lowest BCUT2D eigenvalue weighted by Crippen LogP contribution is -1.98. The summed E-state index contributed by atoms with van der Waals surface area (Å²) < 4.78 is 4.17. The molecule has 0 aliphatic heterocycles. The van der Waals surface area contributed by atoms with Crippen LogP contribution in [0.5, 0.6) is 0 Å². The molecule has 0 amide bonds. The minimum Gasteiger partial charge on any atom is -0.480 e. The van der Waals surface area contributed by atoms with Crippen LogP contribution in [0.1, 0.15) is 6.92 Å². The largest absolute Gasteiger partial charge is 0.480 e. The van der Waals surface area contributed by atoms with Crippen LogP contribution in [0.3, 0.4) is 0 Å². The minimum absolute atomic E-state index is 0.329. The molecule has 0 fully saturated rings. The van der Waals surface area contributed by atoms with E-state index in [0.29, 0.717) is 0 Å². The van der Waals surface area contributed by atoms with Crippen molar-refractivity contribution in [1.29, 1.82) is 0 Å². The Morgan fingerprint density at radius 2 is 2.00 bits per heavy atom. The van der Waals surface area contributed by atoms with Crippen LogP contribution >= 0.6 is 0 Å². The molecule has 0 aromatic carbocycles. The lowest BCUT2D eigenvalue weighted by atomic mass is 10.8. The minimum atomic E-state index is -1.19. The monoisotopic (exact) mass is 162 g/mol. The molecule has 11 heavy (non-hydrogen) atoms. The predicted molar refractivity (Wildman–Crippen MR) is 36.7 cm³/mol. The fraction of sp³-hybridized carbons (Fsp3) is 0.333. The Morgan fingerprint density at radius 3 is 2.00 bits per heavy atom. The molecule has 0 aliphatic rings.